The number of carboxylic acid groups (broad SMARTS) is 1. The van der Waals surface area contributed by atoms with Crippen LogP contribution in [0.15, 0.2) is 18.2 Å². The molecule has 0 aliphatic heterocycles. The highest BCUT2D eigenvalue weighted by atomic mass is 79.9. The molecule has 0 amide bonds. The second-order valence-electron chi connectivity index (χ2n) is 3.96. The van der Waals surface area contributed by atoms with Gasteiger partial charge in [-0.2, -0.15) is 0 Å². The van der Waals surface area contributed by atoms with E-state index in [1.54, 1.807) is 0 Å². The third-order valence-corrected chi connectivity index (χ3v) is 3.13. The van der Waals surface area contributed by atoms with Crippen molar-refractivity contribution in [3.63, 3.8) is 0 Å². The first kappa shape index (κ1) is 13.2. The number of aryl methyl sites for hydroxylation is 1. The molecular formula is C12H16BrNO2. The van der Waals surface area contributed by atoms with E-state index in [0.29, 0.717) is 6.42 Å². The van der Waals surface area contributed by atoms with Gasteiger partial charge in [0.15, 0.2) is 0 Å². The highest BCUT2D eigenvalue weighted by Crippen LogP contribution is 2.15. The van der Waals surface area contributed by atoms with Crippen molar-refractivity contribution in [2.24, 2.45) is 5.73 Å². The smallest absolute Gasteiger partial charge is 0.304 e. The second kappa shape index (κ2) is 6.01. The normalized spacial score (nSPS) is 12.4. The lowest BCUT2D eigenvalue weighted by Gasteiger charge is -2.12. The first-order valence-corrected chi connectivity index (χ1v) is 6.26. The van der Waals surface area contributed by atoms with Crippen LogP contribution in [0.5, 0.6) is 0 Å². The van der Waals surface area contributed by atoms with E-state index < -0.39 is 5.97 Å². The summed E-state index contributed by atoms with van der Waals surface area (Å²) in [5, 5.41) is 9.44. The van der Waals surface area contributed by atoms with Gasteiger partial charge in [0, 0.05) is 11.4 Å². The molecule has 3 N–H and O–H groups in total. The van der Waals surface area contributed by atoms with Crippen molar-refractivity contribution < 1.29 is 9.90 Å². The van der Waals surface area contributed by atoms with Crippen LogP contribution in [-0.2, 0) is 16.5 Å². The summed E-state index contributed by atoms with van der Waals surface area (Å²) in [5.74, 6) is -0.846. The van der Waals surface area contributed by atoms with Gasteiger partial charge >= 0.3 is 5.97 Å². The Balaban J connectivity index is 2.75. The lowest BCUT2D eigenvalue weighted by atomic mass is 9.98. The van der Waals surface area contributed by atoms with Crippen LogP contribution >= 0.6 is 15.9 Å². The van der Waals surface area contributed by atoms with E-state index in [-0.39, 0.29) is 12.5 Å². The molecule has 1 aromatic rings. The first-order chi connectivity index (χ1) is 7.52. The van der Waals surface area contributed by atoms with Crippen LogP contribution < -0.4 is 5.73 Å². The number of halogens is 1. The minimum atomic E-state index is -0.846. The number of aliphatic carboxylic acids is 1. The summed E-state index contributed by atoms with van der Waals surface area (Å²) < 4.78 is 0. The number of benzene rings is 1. The lowest BCUT2D eigenvalue weighted by molar-refractivity contribution is -0.137. The number of nitrogens with two attached hydrogens (primary N) is 1. The summed E-state index contributed by atoms with van der Waals surface area (Å²) in [4.78, 5) is 10.5. The van der Waals surface area contributed by atoms with Gasteiger partial charge in [0.2, 0.25) is 0 Å². The summed E-state index contributed by atoms with van der Waals surface area (Å²) in [6, 6.07) is 5.85. The fraction of sp³-hybridized carbons (Fsp3) is 0.417. The highest BCUT2D eigenvalue weighted by molar-refractivity contribution is 9.08. The summed E-state index contributed by atoms with van der Waals surface area (Å²) in [5.41, 5.74) is 9.25. The average molecular weight is 286 g/mol. The molecule has 3 nitrogen and oxygen atoms in total. The first-order valence-electron chi connectivity index (χ1n) is 5.14. The summed E-state index contributed by atoms with van der Waals surface area (Å²) in [6.45, 7) is 2.01. The van der Waals surface area contributed by atoms with E-state index in [0.717, 1.165) is 16.5 Å². The van der Waals surface area contributed by atoms with Crippen LogP contribution in [0.4, 0.5) is 0 Å². The summed E-state index contributed by atoms with van der Waals surface area (Å²) in [6.07, 6.45) is 0.622. The van der Waals surface area contributed by atoms with E-state index in [9.17, 15) is 4.79 Å². The Kier molecular flexibility index (Phi) is 4.96. The molecule has 0 radical (unpaired) electrons. The standard InChI is InChI=1S/C12H16BrNO2/c1-8-2-3-9(7-13)4-10(8)5-11(14)6-12(15)16/h2-4,11H,5-7,14H2,1H3,(H,15,16)/t11-/m0/s1. The Hall–Kier alpha value is -0.870. The van der Waals surface area contributed by atoms with E-state index in [1.807, 2.05) is 13.0 Å². The molecule has 88 valence electrons. The van der Waals surface area contributed by atoms with Gasteiger partial charge in [0.05, 0.1) is 6.42 Å². The highest BCUT2D eigenvalue weighted by Gasteiger charge is 2.10. The molecule has 0 heterocycles. The lowest BCUT2D eigenvalue weighted by Crippen LogP contribution is -2.26. The minimum Gasteiger partial charge on any atom is -0.481 e. The molecule has 0 saturated carbocycles. The molecule has 1 atom stereocenters. The number of alkyl halides is 1. The van der Waals surface area contributed by atoms with Gasteiger partial charge in [-0.3, -0.25) is 4.79 Å². The molecule has 0 aliphatic carbocycles. The molecule has 0 bridgehead atoms. The molecule has 1 aromatic carbocycles. The Bertz CT molecular complexity index is 379. The average Bonchev–Trinajstić information content (AvgIpc) is 2.20. The number of rotatable bonds is 5. The van der Waals surface area contributed by atoms with E-state index in [2.05, 4.69) is 28.1 Å². The SMILES string of the molecule is Cc1ccc(CBr)cc1C[C@H](N)CC(=O)O. The maximum Gasteiger partial charge on any atom is 0.304 e. The van der Waals surface area contributed by atoms with Gasteiger partial charge in [-0.05, 0) is 30.0 Å². The van der Waals surface area contributed by atoms with Crippen molar-refractivity contribution in [2.75, 3.05) is 0 Å². The summed E-state index contributed by atoms with van der Waals surface area (Å²) >= 11 is 3.40. The van der Waals surface area contributed by atoms with Crippen LogP contribution in [0.3, 0.4) is 0 Å². The van der Waals surface area contributed by atoms with Crippen LogP contribution in [0.25, 0.3) is 0 Å². The molecule has 0 spiro atoms. The van der Waals surface area contributed by atoms with Crippen molar-refractivity contribution >= 4 is 21.9 Å². The molecule has 16 heavy (non-hydrogen) atoms. The Morgan fingerprint density at radius 2 is 2.25 bits per heavy atom. The van der Waals surface area contributed by atoms with Gasteiger partial charge in [0.1, 0.15) is 0 Å². The zero-order valence-electron chi connectivity index (χ0n) is 9.24. The molecule has 0 unspecified atom stereocenters. The monoisotopic (exact) mass is 285 g/mol. The Labute approximate surface area is 104 Å². The zero-order valence-corrected chi connectivity index (χ0v) is 10.8. The van der Waals surface area contributed by atoms with Crippen molar-refractivity contribution in [1.82, 2.24) is 0 Å². The maximum atomic E-state index is 10.5. The predicted octanol–water partition coefficient (Wildman–Crippen LogP) is 2.23. The van der Waals surface area contributed by atoms with Crippen molar-refractivity contribution in [3.05, 3.63) is 34.9 Å². The minimum absolute atomic E-state index is 0.0119. The fourth-order valence-corrected chi connectivity index (χ4v) is 1.96. The molecule has 0 fully saturated rings. The van der Waals surface area contributed by atoms with Gasteiger partial charge in [-0.1, -0.05) is 34.1 Å². The van der Waals surface area contributed by atoms with Crippen molar-refractivity contribution in [2.45, 2.75) is 31.1 Å². The predicted molar refractivity (Wildman–Crippen MR) is 67.7 cm³/mol. The maximum absolute atomic E-state index is 10.5. The van der Waals surface area contributed by atoms with Gasteiger partial charge in [-0.15, -0.1) is 0 Å². The number of hydrogen-bond donors (Lipinski definition) is 2. The summed E-state index contributed by atoms with van der Waals surface area (Å²) in [7, 11) is 0. The fourth-order valence-electron chi connectivity index (χ4n) is 1.61. The van der Waals surface area contributed by atoms with Crippen LogP contribution in [0.2, 0.25) is 0 Å². The van der Waals surface area contributed by atoms with Crippen molar-refractivity contribution in [3.8, 4) is 0 Å². The number of carboxylic acids is 1. The second-order valence-corrected chi connectivity index (χ2v) is 4.52. The van der Waals surface area contributed by atoms with Crippen LogP contribution in [0.1, 0.15) is 23.1 Å². The van der Waals surface area contributed by atoms with E-state index in [4.69, 9.17) is 10.8 Å². The quantitative estimate of drug-likeness (QED) is 0.816. The zero-order chi connectivity index (χ0) is 12.1. The van der Waals surface area contributed by atoms with Gasteiger partial charge in [0.25, 0.3) is 0 Å². The molecule has 4 heteroatoms. The van der Waals surface area contributed by atoms with Crippen molar-refractivity contribution in [1.29, 1.82) is 0 Å². The number of hydrogen-bond acceptors (Lipinski definition) is 2. The van der Waals surface area contributed by atoms with Gasteiger partial charge in [-0.25, -0.2) is 0 Å². The van der Waals surface area contributed by atoms with Crippen LogP contribution in [-0.4, -0.2) is 17.1 Å². The largest absolute Gasteiger partial charge is 0.481 e. The molecular weight excluding hydrogens is 270 g/mol. The molecule has 1 rings (SSSR count). The van der Waals surface area contributed by atoms with Crippen LogP contribution in [0, 0.1) is 6.92 Å². The Morgan fingerprint density at radius 3 is 2.81 bits per heavy atom. The number of carbonyl (C=O) groups is 1. The third-order valence-electron chi connectivity index (χ3n) is 2.49. The molecule has 0 aromatic heterocycles. The van der Waals surface area contributed by atoms with E-state index >= 15 is 0 Å². The Morgan fingerprint density at radius 1 is 1.56 bits per heavy atom. The van der Waals surface area contributed by atoms with Gasteiger partial charge < -0.3 is 10.8 Å². The third kappa shape index (κ3) is 3.94. The molecule has 0 aliphatic rings. The topological polar surface area (TPSA) is 63.3 Å². The molecule has 0 saturated heterocycles. The van der Waals surface area contributed by atoms with E-state index in [1.165, 1.54) is 5.56 Å².